The number of hydrogen-bond acceptors (Lipinski definition) is 4. The zero-order chi connectivity index (χ0) is 17.7. The molecule has 3 rings (SSSR count). The topological polar surface area (TPSA) is 62.3 Å². The average Bonchev–Trinajstić information content (AvgIpc) is 2.68. The van der Waals surface area contributed by atoms with E-state index in [1.807, 2.05) is 18.2 Å². The van der Waals surface area contributed by atoms with Gasteiger partial charge < -0.3 is 10.2 Å². The molecule has 0 aliphatic carbocycles. The largest absolute Gasteiger partial charge is 0.348 e. The lowest BCUT2D eigenvalue weighted by atomic mass is 9.72. The van der Waals surface area contributed by atoms with Gasteiger partial charge >= 0.3 is 0 Å². The lowest BCUT2D eigenvalue weighted by Gasteiger charge is -2.41. The summed E-state index contributed by atoms with van der Waals surface area (Å²) in [6.45, 7) is 2.42. The van der Waals surface area contributed by atoms with Crippen molar-refractivity contribution in [1.82, 2.24) is 15.2 Å². The van der Waals surface area contributed by atoms with Crippen molar-refractivity contribution in [3.8, 4) is 0 Å². The van der Waals surface area contributed by atoms with Gasteiger partial charge in [-0.3, -0.25) is 14.6 Å². The van der Waals surface area contributed by atoms with Gasteiger partial charge in [0.15, 0.2) is 0 Å². The van der Waals surface area contributed by atoms with Gasteiger partial charge in [-0.2, -0.15) is 0 Å². The number of piperidine rings is 1. The highest BCUT2D eigenvalue weighted by atomic mass is 16.2. The van der Waals surface area contributed by atoms with Gasteiger partial charge in [0.1, 0.15) is 0 Å². The molecule has 5 heteroatoms. The van der Waals surface area contributed by atoms with Crippen molar-refractivity contribution in [2.24, 2.45) is 0 Å². The maximum atomic E-state index is 12.3. The van der Waals surface area contributed by atoms with Crippen molar-refractivity contribution in [3.05, 3.63) is 66.0 Å². The van der Waals surface area contributed by atoms with Crippen LogP contribution in [0.5, 0.6) is 0 Å². The van der Waals surface area contributed by atoms with Crippen molar-refractivity contribution >= 4 is 11.7 Å². The number of hydrogen-bond donors (Lipinski definition) is 1. The van der Waals surface area contributed by atoms with Gasteiger partial charge in [-0.25, -0.2) is 0 Å². The molecule has 0 spiro atoms. The van der Waals surface area contributed by atoms with E-state index in [0.717, 1.165) is 25.9 Å². The molecule has 1 saturated heterocycles. The molecule has 1 N–H and O–H groups in total. The molecule has 5 nitrogen and oxygen atoms in total. The summed E-state index contributed by atoms with van der Waals surface area (Å²) >= 11 is 0. The van der Waals surface area contributed by atoms with Crippen LogP contribution in [-0.4, -0.2) is 48.3 Å². The van der Waals surface area contributed by atoms with Crippen LogP contribution in [0.2, 0.25) is 0 Å². The number of nitrogens with one attached hydrogen (secondary N) is 1. The number of benzene rings is 1. The summed E-state index contributed by atoms with van der Waals surface area (Å²) in [4.78, 5) is 30.8. The van der Waals surface area contributed by atoms with E-state index in [2.05, 4.69) is 34.4 Å². The summed E-state index contributed by atoms with van der Waals surface area (Å²) in [5.41, 5.74) is 1.41. The molecule has 1 amide bonds. The Morgan fingerprint density at radius 3 is 2.48 bits per heavy atom. The Labute approximate surface area is 148 Å². The second-order valence-corrected chi connectivity index (χ2v) is 6.70. The fourth-order valence-corrected chi connectivity index (χ4v) is 3.36. The zero-order valence-corrected chi connectivity index (χ0v) is 14.4. The molecule has 1 aliphatic rings. The molecule has 1 fully saturated rings. The van der Waals surface area contributed by atoms with Crippen LogP contribution in [0.15, 0.2) is 54.9 Å². The van der Waals surface area contributed by atoms with Crippen LogP contribution in [0.1, 0.15) is 28.8 Å². The highest BCUT2D eigenvalue weighted by molar-refractivity contribution is 6.42. The number of aromatic nitrogens is 1. The molecule has 130 valence electrons. The summed E-state index contributed by atoms with van der Waals surface area (Å²) in [6.07, 6.45) is 4.91. The van der Waals surface area contributed by atoms with Crippen molar-refractivity contribution < 1.29 is 9.59 Å². The average molecular weight is 337 g/mol. The number of carbonyl (C=O) groups excluding carboxylic acids is 2. The Balaban J connectivity index is 1.73. The molecule has 1 aromatic carbocycles. The molecule has 0 saturated carbocycles. The Hall–Kier alpha value is -2.53. The first-order valence-corrected chi connectivity index (χ1v) is 8.57. The van der Waals surface area contributed by atoms with Crippen LogP contribution in [0, 0.1) is 0 Å². The van der Waals surface area contributed by atoms with Crippen molar-refractivity contribution in [1.29, 1.82) is 0 Å². The lowest BCUT2D eigenvalue weighted by Crippen LogP contribution is -2.49. The van der Waals surface area contributed by atoms with Crippen LogP contribution >= 0.6 is 0 Å². The quantitative estimate of drug-likeness (QED) is 0.670. The minimum absolute atomic E-state index is 0.126. The normalized spacial score (nSPS) is 17.0. The van der Waals surface area contributed by atoms with Gasteiger partial charge in [-0.05, 0) is 50.7 Å². The summed E-state index contributed by atoms with van der Waals surface area (Å²) in [6, 6.07) is 13.5. The van der Waals surface area contributed by atoms with E-state index in [1.165, 1.54) is 11.8 Å². The number of rotatable bonds is 5. The predicted octanol–water partition coefficient (Wildman–Crippen LogP) is 2.04. The number of pyridine rings is 1. The summed E-state index contributed by atoms with van der Waals surface area (Å²) in [5, 5.41) is 2.87. The number of ketones is 1. The van der Waals surface area contributed by atoms with Crippen LogP contribution in [0.4, 0.5) is 0 Å². The van der Waals surface area contributed by atoms with Gasteiger partial charge in [-0.1, -0.05) is 30.3 Å². The highest BCUT2D eigenvalue weighted by Gasteiger charge is 2.36. The molecule has 1 aromatic heterocycles. The molecule has 0 unspecified atom stereocenters. The maximum absolute atomic E-state index is 12.3. The zero-order valence-electron chi connectivity index (χ0n) is 14.4. The van der Waals surface area contributed by atoms with E-state index in [9.17, 15) is 9.59 Å². The van der Waals surface area contributed by atoms with E-state index in [4.69, 9.17) is 0 Å². The first-order chi connectivity index (χ1) is 12.1. The van der Waals surface area contributed by atoms with E-state index >= 15 is 0 Å². The lowest BCUT2D eigenvalue weighted by molar-refractivity contribution is -0.117. The van der Waals surface area contributed by atoms with Crippen molar-refractivity contribution in [2.75, 3.05) is 26.7 Å². The standard InChI is InChI=1S/C20H23N3O2/c1-23-12-9-20(10-13-23,17-7-3-2-4-8-17)15-22-19(25)18(24)16-6-5-11-21-14-16/h2-8,11,14H,9-10,12-13,15H2,1H3,(H,22,25). The second kappa shape index (κ2) is 7.57. The highest BCUT2D eigenvalue weighted by Crippen LogP contribution is 2.34. The van der Waals surface area contributed by atoms with Crippen molar-refractivity contribution in [2.45, 2.75) is 18.3 Å². The fraction of sp³-hybridized carbons (Fsp3) is 0.350. The summed E-state index contributed by atoms with van der Waals surface area (Å²) < 4.78 is 0. The fourth-order valence-electron chi connectivity index (χ4n) is 3.36. The Kier molecular flexibility index (Phi) is 5.24. The van der Waals surface area contributed by atoms with Crippen LogP contribution < -0.4 is 5.32 Å². The van der Waals surface area contributed by atoms with Gasteiger partial charge in [0.25, 0.3) is 11.7 Å². The molecular formula is C20H23N3O2. The molecule has 1 aliphatic heterocycles. The number of nitrogens with zero attached hydrogens (tertiary/aromatic N) is 2. The SMILES string of the molecule is CN1CCC(CNC(=O)C(=O)c2cccnc2)(c2ccccc2)CC1. The van der Waals surface area contributed by atoms with E-state index in [-0.39, 0.29) is 5.41 Å². The number of amides is 1. The van der Waals surface area contributed by atoms with Crippen LogP contribution in [0.25, 0.3) is 0 Å². The van der Waals surface area contributed by atoms with Gasteiger partial charge in [-0.15, -0.1) is 0 Å². The van der Waals surface area contributed by atoms with E-state index in [0.29, 0.717) is 12.1 Å². The number of likely N-dealkylation sites (tertiary alicyclic amines) is 1. The molecule has 2 aromatic rings. The van der Waals surface area contributed by atoms with E-state index in [1.54, 1.807) is 18.3 Å². The number of Topliss-reactive ketones (excluding diaryl/α,β-unsaturated/α-hetero) is 1. The van der Waals surface area contributed by atoms with Crippen LogP contribution in [-0.2, 0) is 10.2 Å². The first-order valence-electron chi connectivity index (χ1n) is 8.57. The van der Waals surface area contributed by atoms with Gasteiger partial charge in [0.05, 0.1) is 0 Å². The molecule has 25 heavy (non-hydrogen) atoms. The third-order valence-corrected chi connectivity index (χ3v) is 5.05. The summed E-state index contributed by atoms with van der Waals surface area (Å²) in [7, 11) is 2.11. The third kappa shape index (κ3) is 3.94. The summed E-state index contributed by atoms with van der Waals surface area (Å²) in [5.74, 6) is -1.11. The number of carbonyl (C=O) groups is 2. The molecule has 2 heterocycles. The third-order valence-electron chi connectivity index (χ3n) is 5.05. The minimum atomic E-state index is -0.567. The van der Waals surface area contributed by atoms with Gasteiger partial charge in [0.2, 0.25) is 0 Å². The van der Waals surface area contributed by atoms with E-state index < -0.39 is 11.7 Å². The first kappa shape index (κ1) is 17.3. The Morgan fingerprint density at radius 2 is 1.84 bits per heavy atom. The molecule has 0 radical (unpaired) electrons. The minimum Gasteiger partial charge on any atom is -0.348 e. The molecular weight excluding hydrogens is 314 g/mol. The predicted molar refractivity (Wildman–Crippen MR) is 96.4 cm³/mol. The Bertz CT molecular complexity index is 723. The monoisotopic (exact) mass is 337 g/mol. The van der Waals surface area contributed by atoms with Crippen LogP contribution in [0.3, 0.4) is 0 Å². The second-order valence-electron chi connectivity index (χ2n) is 6.70. The molecule has 0 atom stereocenters. The Morgan fingerprint density at radius 1 is 1.12 bits per heavy atom. The van der Waals surface area contributed by atoms with Crippen molar-refractivity contribution in [3.63, 3.8) is 0 Å². The smallest absolute Gasteiger partial charge is 0.292 e. The van der Waals surface area contributed by atoms with Gasteiger partial charge in [0, 0.05) is 29.9 Å². The molecule has 0 bridgehead atoms. The maximum Gasteiger partial charge on any atom is 0.292 e.